The van der Waals surface area contributed by atoms with Crippen LogP contribution in [0.4, 0.5) is 5.69 Å². The van der Waals surface area contributed by atoms with Gasteiger partial charge in [0.15, 0.2) is 0 Å². The van der Waals surface area contributed by atoms with Crippen LogP contribution in [0.3, 0.4) is 0 Å². The minimum absolute atomic E-state index is 0.00772. The molecule has 0 radical (unpaired) electrons. The molecule has 1 aliphatic carbocycles. The fourth-order valence-electron chi connectivity index (χ4n) is 3.51. The van der Waals surface area contributed by atoms with Gasteiger partial charge in [0.05, 0.1) is 17.4 Å². The van der Waals surface area contributed by atoms with Gasteiger partial charge in [0.2, 0.25) is 17.6 Å². The predicted molar refractivity (Wildman–Crippen MR) is 100 cm³/mol. The highest BCUT2D eigenvalue weighted by Gasteiger charge is 2.28. The summed E-state index contributed by atoms with van der Waals surface area (Å²) in [5.74, 6) is 1.58. The molecular weight excluding hydrogens is 362 g/mol. The number of carbonyl (C=O) groups excluding carboxylic acids is 1. The summed E-state index contributed by atoms with van der Waals surface area (Å²) in [6.07, 6.45) is 4.30. The molecule has 0 unspecified atom stereocenters. The Labute approximate surface area is 162 Å². The van der Waals surface area contributed by atoms with E-state index >= 15 is 0 Å². The third-order valence-corrected chi connectivity index (χ3v) is 5.28. The third-order valence-electron chi connectivity index (χ3n) is 5.28. The fourth-order valence-corrected chi connectivity index (χ4v) is 3.51. The molecule has 1 amide bonds. The highest BCUT2D eigenvalue weighted by Crippen LogP contribution is 2.28. The summed E-state index contributed by atoms with van der Waals surface area (Å²) in [6, 6.07) is 6.16. The monoisotopic (exact) mass is 385 g/mol. The molecule has 0 spiro atoms. The molecule has 2 aromatic rings. The highest BCUT2D eigenvalue weighted by atomic mass is 16.6. The van der Waals surface area contributed by atoms with Crippen molar-refractivity contribution in [3.05, 3.63) is 40.3 Å². The van der Waals surface area contributed by atoms with Gasteiger partial charge in [-0.05, 0) is 38.1 Å². The van der Waals surface area contributed by atoms with Crippen LogP contribution in [0.1, 0.15) is 31.6 Å². The molecule has 0 bridgehead atoms. The topological polar surface area (TPSA) is 114 Å². The Morgan fingerprint density at radius 3 is 3.00 bits per heavy atom. The average molecular weight is 385 g/mol. The van der Waals surface area contributed by atoms with Crippen molar-refractivity contribution in [3.63, 3.8) is 0 Å². The zero-order valence-corrected chi connectivity index (χ0v) is 15.5. The Kier molecular flexibility index (Phi) is 5.34. The number of rotatable bonds is 7. The minimum atomic E-state index is -0.452. The van der Waals surface area contributed by atoms with Gasteiger partial charge in [0, 0.05) is 30.8 Å². The lowest BCUT2D eigenvalue weighted by molar-refractivity contribution is -0.384. The largest absolute Gasteiger partial charge is 0.356 e. The van der Waals surface area contributed by atoms with Crippen molar-refractivity contribution in [1.29, 1.82) is 0 Å². The molecule has 1 N–H and O–H groups in total. The Bertz CT molecular complexity index is 864. The quantitative estimate of drug-likeness (QED) is 0.575. The van der Waals surface area contributed by atoms with Crippen molar-refractivity contribution in [2.45, 2.75) is 32.2 Å². The maximum absolute atomic E-state index is 12.4. The van der Waals surface area contributed by atoms with Gasteiger partial charge in [-0.25, -0.2) is 0 Å². The van der Waals surface area contributed by atoms with Crippen molar-refractivity contribution in [2.24, 2.45) is 11.8 Å². The highest BCUT2D eigenvalue weighted by molar-refractivity contribution is 5.79. The number of carbonyl (C=O) groups is 1. The summed E-state index contributed by atoms with van der Waals surface area (Å²) in [5.41, 5.74) is 0.528. The molecule has 1 saturated carbocycles. The molecule has 1 aromatic carbocycles. The lowest BCUT2D eigenvalue weighted by Gasteiger charge is -2.30. The van der Waals surface area contributed by atoms with Gasteiger partial charge in [0.25, 0.3) is 5.69 Å². The first kappa shape index (κ1) is 18.5. The number of nitrogens with zero attached hydrogens (tertiary/aromatic N) is 4. The first-order valence-electron chi connectivity index (χ1n) is 9.66. The van der Waals surface area contributed by atoms with Gasteiger partial charge in [-0.15, -0.1) is 0 Å². The summed E-state index contributed by atoms with van der Waals surface area (Å²) >= 11 is 0. The van der Waals surface area contributed by atoms with Crippen molar-refractivity contribution in [2.75, 3.05) is 19.6 Å². The summed E-state index contributed by atoms with van der Waals surface area (Å²) in [6.45, 7) is 2.81. The zero-order chi connectivity index (χ0) is 19.5. The third kappa shape index (κ3) is 4.53. The number of non-ortho nitro benzene ring substituents is 1. The van der Waals surface area contributed by atoms with Gasteiger partial charge in [-0.1, -0.05) is 17.3 Å². The molecule has 148 valence electrons. The molecular formula is C19H23N5O4. The maximum Gasteiger partial charge on any atom is 0.270 e. The number of hydrogen-bond donors (Lipinski definition) is 1. The molecule has 9 heteroatoms. The molecule has 2 aliphatic rings. The molecule has 28 heavy (non-hydrogen) atoms. The molecule has 1 aliphatic heterocycles. The van der Waals surface area contributed by atoms with Crippen LogP contribution in [-0.2, 0) is 11.3 Å². The van der Waals surface area contributed by atoms with E-state index in [0.717, 1.165) is 25.9 Å². The number of benzene rings is 1. The van der Waals surface area contributed by atoms with Crippen LogP contribution in [0.2, 0.25) is 0 Å². The van der Waals surface area contributed by atoms with Crippen LogP contribution in [0.15, 0.2) is 28.8 Å². The second-order valence-corrected chi connectivity index (χ2v) is 7.58. The van der Waals surface area contributed by atoms with Gasteiger partial charge < -0.3 is 9.84 Å². The van der Waals surface area contributed by atoms with Crippen molar-refractivity contribution in [1.82, 2.24) is 20.4 Å². The van der Waals surface area contributed by atoms with Gasteiger partial charge in [-0.3, -0.25) is 19.8 Å². The van der Waals surface area contributed by atoms with E-state index in [-0.39, 0.29) is 17.5 Å². The summed E-state index contributed by atoms with van der Waals surface area (Å²) in [7, 11) is 0. The lowest BCUT2D eigenvalue weighted by atomic mass is 9.97. The maximum atomic E-state index is 12.4. The van der Waals surface area contributed by atoms with E-state index < -0.39 is 4.92 Å². The second kappa shape index (κ2) is 8.05. The number of aromatic nitrogens is 2. The summed E-state index contributed by atoms with van der Waals surface area (Å²) < 4.78 is 5.33. The van der Waals surface area contributed by atoms with Crippen LogP contribution >= 0.6 is 0 Å². The zero-order valence-electron chi connectivity index (χ0n) is 15.5. The normalized spacial score (nSPS) is 20.1. The first-order valence-corrected chi connectivity index (χ1v) is 9.66. The van der Waals surface area contributed by atoms with Crippen LogP contribution in [0, 0.1) is 22.0 Å². The fraction of sp³-hybridized carbons (Fsp3) is 0.526. The molecule has 4 rings (SSSR count). The van der Waals surface area contributed by atoms with Crippen LogP contribution in [0.5, 0.6) is 0 Å². The Morgan fingerprint density at radius 2 is 2.21 bits per heavy atom. The van der Waals surface area contributed by atoms with Crippen LogP contribution in [-0.4, -0.2) is 45.5 Å². The minimum Gasteiger partial charge on any atom is -0.356 e. The Balaban J connectivity index is 1.36. The second-order valence-electron chi connectivity index (χ2n) is 7.58. The van der Waals surface area contributed by atoms with Crippen LogP contribution in [0.25, 0.3) is 11.4 Å². The Hall–Kier alpha value is -2.81. The number of hydrogen-bond acceptors (Lipinski definition) is 7. The van der Waals surface area contributed by atoms with Crippen molar-refractivity contribution < 1.29 is 14.2 Å². The van der Waals surface area contributed by atoms with E-state index in [2.05, 4.69) is 20.4 Å². The smallest absolute Gasteiger partial charge is 0.270 e. The van der Waals surface area contributed by atoms with E-state index in [0.29, 0.717) is 36.3 Å². The van der Waals surface area contributed by atoms with Gasteiger partial charge in [-0.2, -0.15) is 4.98 Å². The van der Waals surface area contributed by atoms with E-state index in [1.807, 2.05) is 0 Å². The van der Waals surface area contributed by atoms with Crippen molar-refractivity contribution in [3.8, 4) is 11.4 Å². The number of likely N-dealkylation sites (tertiary alicyclic amines) is 1. The van der Waals surface area contributed by atoms with E-state index in [1.54, 1.807) is 12.1 Å². The SMILES string of the molecule is O=C(NCC1CC1)[C@H]1CCCN(Cc2nc(-c3cccc([N+](=O)[O-])c3)no2)C1. The average Bonchev–Trinajstić information content (AvgIpc) is 3.43. The van der Waals surface area contributed by atoms with Crippen LogP contribution < -0.4 is 5.32 Å². The molecule has 1 atom stereocenters. The standard InChI is InChI=1S/C19H23N5O4/c25-19(20-10-13-6-7-13)15-4-2-8-23(11-15)12-17-21-18(22-28-17)14-3-1-5-16(9-14)24(26)27/h1,3,5,9,13,15H,2,4,6-8,10-12H2,(H,20,25)/t15-/m0/s1. The number of nitro benzene ring substituents is 1. The van der Waals surface area contributed by atoms with Gasteiger partial charge in [0.1, 0.15) is 0 Å². The summed E-state index contributed by atoms with van der Waals surface area (Å²) in [4.78, 5) is 29.4. The van der Waals surface area contributed by atoms with Gasteiger partial charge >= 0.3 is 0 Å². The number of nitrogens with one attached hydrogen (secondary N) is 1. The summed E-state index contributed by atoms with van der Waals surface area (Å²) in [5, 5.41) is 17.9. The molecule has 1 saturated heterocycles. The Morgan fingerprint density at radius 1 is 1.36 bits per heavy atom. The molecule has 1 aromatic heterocycles. The molecule has 2 fully saturated rings. The van der Waals surface area contributed by atoms with E-state index in [9.17, 15) is 14.9 Å². The predicted octanol–water partition coefficient (Wildman–Crippen LogP) is 2.38. The number of amides is 1. The lowest BCUT2D eigenvalue weighted by Crippen LogP contribution is -2.43. The number of nitro groups is 1. The van der Waals surface area contributed by atoms with Crippen molar-refractivity contribution >= 4 is 11.6 Å². The first-order chi connectivity index (χ1) is 13.6. The van der Waals surface area contributed by atoms with E-state index in [1.165, 1.54) is 25.0 Å². The molecule has 9 nitrogen and oxygen atoms in total. The van der Waals surface area contributed by atoms with E-state index in [4.69, 9.17) is 4.52 Å². The molecule has 2 heterocycles. The number of piperidine rings is 1.